The Morgan fingerprint density at radius 2 is 1.04 bits per heavy atom. The van der Waals surface area contributed by atoms with Crippen molar-refractivity contribution in [2.45, 2.75) is 34.3 Å². The van der Waals surface area contributed by atoms with Gasteiger partial charge in [0.05, 0.1) is 0 Å². The fraction of sp³-hybridized carbons (Fsp3) is 0.381. The van der Waals surface area contributed by atoms with Gasteiger partial charge in [-0.2, -0.15) is 0 Å². The zero-order chi connectivity index (χ0) is 20.4. The van der Waals surface area contributed by atoms with E-state index in [0.717, 1.165) is 15.0 Å². The second-order valence-electron chi connectivity index (χ2n) is 6.34. The normalized spacial score (nSPS) is 13.6. The zero-order valence-corrected chi connectivity index (χ0v) is 20.6. The molecule has 0 saturated carbocycles. The standard InChI is InChI=1S/C21H22Cl4S3/c22-19(23)11-17(15-7-3-1-4-8-15)13-27-21(26)28-14-18(12-20(24)25)16-9-5-2-6-10-16/h1-10,17-20H,11-14H2. The van der Waals surface area contributed by atoms with Gasteiger partial charge in [0.1, 0.15) is 13.2 Å². The van der Waals surface area contributed by atoms with Gasteiger partial charge in [-0.15, -0.1) is 69.9 Å². The molecule has 0 saturated heterocycles. The van der Waals surface area contributed by atoms with E-state index in [0.29, 0.717) is 12.8 Å². The molecule has 2 aromatic carbocycles. The van der Waals surface area contributed by atoms with E-state index < -0.39 is 0 Å². The Balaban J connectivity index is 1.90. The van der Waals surface area contributed by atoms with Crippen molar-refractivity contribution in [3.8, 4) is 0 Å². The molecule has 0 radical (unpaired) electrons. The summed E-state index contributed by atoms with van der Waals surface area (Å²) >= 11 is 33.2. The Morgan fingerprint density at radius 1 is 0.679 bits per heavy atom. The molecular formula is C21H22Cl4S3. The minimum absolute atomic E-state index is 0.268. The molecule has 2 atom stereocenters. The van der Waals surface area contributed by atoms with Gasteiger partial charge in [0.25, 0.3) is 0 Å². The highest BCUT2D eigenvalue weighted by Gasteiger charge is 2.19. The van der Waals surface area contributed by atoms with Crippen LogP contribution in [0, 0.1) is 0 Å². The van der Waals surface area contributed by atoms with Crippen LogP contribution in [0.1, 0.15) is 35.8 Å². The molecule has 0 bridgehead atoms. The van der Waals surface area contributed by atoms with E-state index in [9.17, 15) is 0 Å². The van der Waals surface area contributed by atoms with Crippen LogP contribution in [0.2, 0.25) is 0 Å². The summed E-state index contributed by atoms with van der Waals surface area (Å²) in [4.78, 5) is -0.780. The van der Waals surface area contributed by atoms with Crippen LogP contribution in [-0.2, 0) is 0 Å². The van der Waals surface area contributed by atoms with E-state index in [1.807, 2.05) is 36.4 Å². The average Bonchev–Trinajstić information content (AvgIpc) is 2.69. The van der Waals surface area contributed by atoms with Crippen LogP contribution >= 0.6 is 82.1 Å². The van der Waals surface area contributed by atoms with Crippen molar-refractivity contribution < 1.29 is 0 Å². The molecule has 2 unspecified atom stereocenters. The van der Waals surface area contributed by atoms with Crippen LogP contribution in [0.4, 0.5) is 0 Å². The maximum Gasteiger partial charge on any atom is 0.108 e. The molecule has 0 aliphatic carbocycles. The summed E-state index contributed by atoms with van der Waals surface area (Å²) in [6.45, 7) is 0. The number of thiocarbonyl (C=S) groups is 1. The second-order valence-corrected chi connectivity index (χ2v) is 12.1. The Morgan fingerprint density at radius 3 is 1.36 bits per heavy atom. The molecule has 0 fully saturated rings. The molecule has 0 amide bonds. The lowest BCUT2D eigenvalue weighted by Gasteiger charge is -2.19. The van der Waals surface area contributed by atoms with Crippen LogP contribution in [0.5, 0.6) is 0 Å². The van der Waals surface area contributed by atoms with E-state index in [2.05, 4.69) is 24.3 Å². The molecule has 0 N–H and O–H groups in total. The van der Waals surface area contributed by atoms with Crippen LogP contribution in [0.3, 0.4) is 0 Å². The minimum atomic E-state index is -0.390. The molecule has 0 heterocycles. The molecule has 0 nitrogen and oxygen atoms in total. The SMILES string of the molecule is S=C(SCC(CC(Cl)Cl)c1ccccc1)SCC(CC(Cl)Cl)c1ccccc1. The van der Waals surface area contributed by atoms with Gasteiger partial charge in [-0.25, -0.2) is 0 Å². The van der Waals surface area contributed by atoms with Gasteiger partial charge in [-0.1, -0.05) is 72.9 Å². The first-order valence-corrected chi connectivity index (χ1v) is 13.0. The van der Waals surface area contributed by atoms with Gasteiger partial charge in [0.2, 0.25) is 0 Å². The molecule has 0 spiro atoms. The Kier molecular flexibility index (Phi) is 12.0. The van der Waals surface area contributed by atoms with Crippen molar-refractivity contribution in [2.75, 3.05) is 11.5 Å². The first-order chi connectivity index (χ1) is 13.5. The quantitative estimate of drug-likeness (QED) is 0.231. The third-order valence-electron chi connectivity index (χ3n) is 4.27. The fourth-order valence-electron chi connectivity index (χ4n) is 2.86. The zero-order valence-electron chi connectivity index (χ0n) is 15.1. The number of rotatable bonds is 10. The lowest BCUT2D eigenvalue weighted by molar-refractivity contribution is 0.729. The van der Waals surface area contributed by atoms with Gasteiger partial charge >= 0.3 is 0 Å². The third-order valence-corrected chi connectivity index (χ3v) is 8.01. The van der Waals surface area contributed by atoms with Crippen molar-refractivity contribution in [3.05, 3.63) is 71.8 Å². The summed E-state index contributed by atoms with van der Waals surface area (Å²) < 4.78 is 0.920. The van der Waals surface area contributed by atoms with Gasteiger partial charge in [0, 0.05) is 11.5 Å². The molecule has 2 aromatic rings. The van der Waals surface area contributed by atoms with E-state index in [1.165, 1.54) is 11.1 Å². The fourth-order valence-corrected chi connectivity index (χ4v) is 6.20. The maximum atomic E-state index is 6.05. The van der Waals surface area contributed by atoms with Crippen LogP contribution in [-0.4, -0.2) is 24.7 Å². The largest absolute Gasteiger partial charge is 0.108 e. The van der Waals surface area contributed by atoms with E-state index in [1.54, 1.807) is 23.5 Å². The molecule has 152 valence electrons. The maximum absolute atomic E-state index is 6.05. The minimum Gasteiger partial charge on any atom is -0.107 e. The monoisotopic (exact) mass is 510 g/mol. The molecule has 0 aliphatic rings. The lowest BCUT2D eigenvalue weighted by atomic mass is 9.99. The molecule has 0 aromatic heterocycles. The summed E-state index contributed by atoms with van der Waals surface area (Å²) in [5.74, 6) is 2.25. The first-order valence-electron chi connectivity index (χ1n) is 8.91. The number of halogens is 4. The van der Waals surface area contributed by atoms with Crippen molar-refractivity contribution in [1.82, 2.24) is 0 Å². The lowest BCUT2D eigenvalue weighted by Crippen LogP contribution is -2.09. The Labute approximate surface area is 202 Å². The Bertz CT molecular complexity index is 636. The van der Waals surface area contributed by atoms with E-state index in [-0.39, 0.29) is 21.5 Å². The highest BCUT2D eigenvalue weighted by molar-refractivity contribution is 8.47. The molecule has 7 heteroatoms. The van der Waals surface area contributed by atoms with Crippen molar-refractivity contribution in [1.29, 1.82) is 0 Å². The summed E-state index contributed by atoms with van der Waals surface area (Å²) in [6, 6.07) is 20.6. The first kappa shape index (κ1) is 24.7. The van der Waals surface area contributed by atoms with E-state index in [4.69, 9.17) is 58.6 Å². The van der Waals surface area contributed by atoms with Gasteiger partial charge in [-0.05, 0) is 35.8 Å². The number of benzene rings is 2. The third kappa shape index (κ3) is 9.47. The number of hydrogen-bond acceptors (Lipinski definition) is 3. The molecular weight excluding hydrogens is 490 g/mol. The predicted molar refractivity (Wildman–Crippen MR) is 136 cm³/mol. The predicted octanol–water partition coefficient (Wildman–Crippen LogP) is 8.69. The highest BCUT2D eigenvalue weighted by atomic mass is 35.5. The van der Waals surface area contributed by atoms with Crippen molar-refractivity contribution in [3.63, 3.8) is 0 Å². The second kappa shape index (κ2) is 13.6. The number of alkyl halides is 4. The van der Waals surface area contributed by atoms with Crippen LogP contribution in [0.15, 0.2) is 60.7 Å². The average molecular weight is 512 g/mol. The molecule has 0 aliphatic heterocycles. The molecule has 28 heavy (non-hydrogen) atoms. The smallest absolute Gasteiger partial charge is 0.107 e. The van der Waals surface area contributed by atoms with Gasteiger partial charge < -0.3 is 0 Å². The highest BCUT2D eigenvalue weighted by Crippen LogP contribution is 2.34. The van der Waals surface area contributed by atoms with Gasteiger partial charge in [-0.3, -0.25) is 0 Å². The van der Waals surface area contributed by atoms with Crippen LogP contribution < -0.4 is 0 Å². The topological polar surface area (TPSA) is 0 Å². The van der Waals surface area contributed by atoms with Crippen molar-refractivity contribution >= 4 is 85.7 Å². The summed E-state index contributed by atoms with van der Waals surface area (Å²) in [5, 5.41) is 0. The van der Waals surface area contributed by atoms with Gasteiger partial charge in [0.15, 0.2) is 0 Å². The number of thioether (sulfide) groups is 2. The summed E-state index contributed by atoms with van der Waals surface area (Å²) in [7, 11) is 0. The number of hydrogen-bond donors (Lipinski definition) is 0. The van der Waals surface area contributed by atoms with E-state index >= 15 is 0 Å². The summed E-state index contributed by atoms with van der Waals surface area (Å²) in [6.07, 6.45) is 1.42. The summed E-state index contributed by atoms with van der Waals surface area (Å²) in [5.41, 5.74) is 2.48. The molecule has 2 rings (SSSR count). The van der Waals surface area contributed by atoms with Crippen molar-refractivity contribution in [2.24, 2.45) is 0 Å². The Hall–Kier alpha value is 0.390. The van der Waals surface area contributed by atoms with Crippen LogP contribution in [0.25, 0.3) is 0 Å².